The molecular weight excluding hydrogens is 297 g/mol. The highest BCUT2D eigenvalue weighted by atomic mass is 35.5. The van der Waals surface area contributed by atoms with Gasteiger partial charge in [-0.3, -0.25) is 9.48 Å². The fourth-order valence-corrected chi connectivity index (χ4v) is 2.07. The Bertz CT molecular complexity index is 632. The van der Waals surface area contributed by atoms with Gasteiger partial charge in [-0.25, -0.2) is 0 Å². The molecule has 106 valence electrons. The first-order valence-electron chi connectivity index (χ1n) is 6.17. The third kappa shape index (κ3) is 2.97. The summed E-state index contributed by atoms with van der Waals surface area (Å²) in [5.74, 6) is -0.172. The Morgan fingerprint density at radius 1 is 1.30 bits per heavy atom. The number of carbonyl (C=O) groups is 1. The summed E-state index contributed by atoms with van der Waals surface area (Å²) in [5.41, 5.74) is 2.24. The third-order valence-electron chi connectivity index (χ3n) is 3.16. The van der Waals surface area contributed by atoms with Crippen molar-refractivity contribution in [2.75, 3.05) is 5.32 Å². The van der Waals surface area contributed by atoms with Crippen LogP contribution in [0.4, 0.5) is 5.69 Å². The first kappa shape index (κ1) is 14.9. The van der Waals surface area contributed by atoms with Crippen LogP contribution in [0.25, 0.3) is 0 Å². The third-order valence-corrected chi connectivity index (χ3v) is 3.94. The molecule has 0 radical (unpaired) electrons. The monoisotopic (exact) mass is 311 g/mol. The number of anilines is 1. The average Bonchev–Trinajstić information content (AvgIpc) is 2.74. The van der Waals surface area contributed by atoms with E-state index in [1.54, 1.807) is 36.9 Å². The molecule has 1 heterocycles. The van der Waals surface area contributed by atoms with Crippen LogP contribution in [-0.4, -0.2) is 15.7 Å². The molecule has 1 aromatic carbocycles. The van der Waals surface area contributed by atoms with Gasteiger partial charge in [0.05, 0.1) is 10.7 Å². The predicted molar refractivity (Wildman–Crippen MR) is 81.5 cm³/mol. The SMILES string of the molecule is Cc1nn(C(C)C(=O)Nc2cccc(Cl)c2C)cc1Cl. The number of hydrogen-bond donors (Lipinski definition) is 1. The molecule has 4 nitrogen and oxygen atoms in total. The van der Waals surface area contributed by atoms with Crippen molar-refractivity contribution in [1.29, 1.82) is 0 Å². The van der Waals surface area contributed by atoms with Crippen LogP contribution in [0.2, 0.25) is 10.0 Å². The van der Waals surface area contributed by atoms with Crippen molar-refractivity contribution in [3.8, 4) is 0 Å². The van der Waals surface area contributed by atoms with Crippen LogP contribution in [-0.2, 0) is 4.79 Å². The molecule has 1 aromatic heterocycles. The fraction of sp³-hybridized carbons (Fsp3) is 0.286. The zero-order valence-corrected chi connectivity index (χ0v) is 13.0. The predicted octanol–water partition coefficient (Wildman–Crippen LogP) is 4.01. The largest absolute Gasteiger partial charge is 0.324 e. The number of aryl methyl sites for hydroxylation is 1. The zero-order valence-electron chi connectivity index (χ0n) is 11.4. The second kappa shape index (κ2) is 5.85. The molecule has 0 aliphatic heterocycles. The number of carbonyl (C=O) groups excluding carboxylic acids is 1. The van der Waals surface area contributed by atoms with E-state index in [0.717, 1.165) is 5.56 Å². The van der Waals surface area contributed by atoms with E-state index in [-0.39, 0.29) is 5.91 Å². The smallest absolute Gasteiger partial charge is 0.248 e. The number of nitrogens with one attached hydrogen (secondary N) is 1. The van der Waals surface area contributed by atoms with E-state index in [0.29, 0.717) is 21.4 Å². The molecule has 1 atom stereocenters. The number of nitrogens with zero attached hydrogens (tertiary/aromatic N) is 2. The molecule has 1 N–H and O–H groups in total. The Morgan fingerprint density at radius 2 is 2.00 bits per heavy atom. The molecule has 0 saturated carbocycles. The van der Waals surface area contributed by atoms with Crippen LogP contribution >= 0.6 is 23.2 Å². The minimum atomic E-state index is -0.459. The minimum absolute atomic E-state index is 0.172. The van der Waals surface area contributed by atoms with Gasteiger partial charge >= 0.3 is 0 Å². The summed E-state index contributed by atoms with van der Waals surface area (Å²) < 4.78 is 1.55. The minimum Gasteiger partial charge on any atom is -0.324 e. The molecule has 0 saturated heterocycles. The maximum Gasteiger partial charge on any atom is 0.248 e. The van der Waals surface area contributed by atoms with E-state index < -0.39 is 6.04 Å². The number of aromatic nitrogens is 2. The highest BCUT2D eigenvalue weighted by Crippen LogP contribution is 2.24. The van der Waals surface area contributed by atoms with Gasteiger partial charge < -0.3 is 5.32 Å². The second-order valence-electron chi connectivity index (χ2n) is 4.62. The molecule has 1 amide bonds. The highest BCUT2D eigenvalue weighted by Gasteiger charge is 2.18. The van der Waals surface area contributed by atoms with Crippen LogP contribution in [0.3, 0.4) is 0 Å². The molecule has 6 heteroatoms. The van der Waals surface area contributed by atoms with Crippen LogP contribution in [0.1, 0.15) is 24.2 Å². The molecule has 0 aliphatic carbocycles. The summed E-state index contributed by atoms with van der Waals surface area (Å²) in [5, 5.41) is 8.23. The lowest BCUT2D eigenvalue weighted by Crippen LogP contribution is -2.24. The first-order valence-corrected chi connectivity index (χ1v) is 6.93. The van der Waals surface area contributed by atoms with Gasteiger partial charge in [-0.1, -0.05) is 29.3 Å². The van der Waals surface area contributed by atoms with Crippen LogP contribution in [0, 0.1) is 13.8 Å². The topological polar surface area (TPSA) is 46.9 Å². The van der Waals surface area contributed by atoms with Crippen LogP contribution in [0.5, 0.6) is 0 Å². The van der Waals surface area contributed by atoms with E-state index in [9.17, 15) is 4.79 Å². The van der Waals surface area contributed by atoms with Gasteiger partial charge in [-0.2, -0.15) is 5.10 Å². The standard InChI is InChI=1S/C14H15Cl2N3O/c1-8-11(15)5-4-6-13(8)17-14(20)10(3)19-7-12(16)9(2)18-19/h4-7,10H,1-3H3,(H,17,20). The van der Waals surface area contributed by atoms with E-state index in [1.807, 2.05) is 13.0 Å². The lowest BCUT2D eigenvalue weighted by molar-refractivity contribution is -0.119. The number of rotatable bonds is 3. The number of halogens is 2. The molecule has 0 aliphatic rings. The fourth-order valence-electron chi connectivity index (χ4n) is 1.76. The van der Waals surface area contributed by atoms with E-state index in [2.05, 4.69) is 10.4 Å². The van der Waals surface area contributed by atoms with Crippen molar-refractivity contribution >= 4 is 34.8 Å². The maximum absolute atomic E-state index is 12.2. The van der Waals surface area contributed by atoms with Gasteiger partial charge in [0, 0.05) is 16.9 Å². The zero-order chi connectivity index (χ0) is 14.9. The summed E-state index contributed by atoms with van der Waals surface area (Å²) in [6.45, 7) is 5.42. The second-order valence-corrected chi connectivity index (χ2v) is 5.43. The Morgan fingerprint density at radius 3 is 2.60 bits per heavy atom. The van der Waals surface area contributed by atoms with Crippen molar-refractivity contribution in [2.24, 2.45) is 0 Å². The van der Waals surface area contributed by atoms with E-state index in [4.69, 9.17) is 23.2 Å². The lowest BCUT2D eigenvalue weighted by atomic mass is 10.2. The van der Waals surface area contributed by atoms with Crippen LogP contribution in [0.15, 0.2) is 24.4 Å². The van der Waals surface area contributed by atoms with Crippen molar-refractivity contribution in [3.63, 3.8) is 0 Å². The van der Waals surface area contributed by atoms with Gasteiger partial charge in [0.1, 0.15) is 6.04 Å². The summed E-state index contributed by atoms with van der Waals surface area (Å²) in [4.78, 5) is 12.2. The van der Waals surface area contributed by atoms with E-state index in [1.165, 1.54) is 0 Å². The molecule has 2 aromatic rings. The Kier molecular flexibility index (Phi) is 4.35. The Labute approximate surface area is 127 Å². The van der Waals surface area contributed by atoms with E-state index >= 15 is 0 Å². The number of benzene rings is 1. The van der Waals surface area contributed by atoms with Crippen LogP contribution < -0.4 is 5.32 Å². The summed E-state index contributed by atoms with van der Waals surface area (Å²) in [7, 11) is 0. The summed E-state index contributed by atoms with van der Waals surface area (Å²) in [6.07, 6.45) is 1.64. The summed E-state index contributed by atoms with van der Waals surface area (Å²) >= 11 is 12.0. The van der Waals surface area contributed by atoms with Crippen molar-refractivity contribution in [1.82, 2.24) is 9.78 Å². The first-order chi connectivity index (χ1) is 9.40. The summed E-state index contributed by atoms with van der Waals surface area (Å²) in [6, 6.07) is 4.93. The van der Waals surface area contributed by atoms with Crippen molar-refractivity contribution in [3.05, 3.63) is 45.7 Å². The lowest BCUT2D eigenvalue weighted by Gasteiger charge is -2.14. The molecule has 1 unspecified atom stereocenters. The van der Waals surface area contributed by atoms with Gasteiger partial charge in [0.15, 0.2) is 0 Å². The Balaban J connectivity index is 2.17. The Hall–Kier alpha value is -1.52. The molecular formula is C14H15Cl2N3O. The van der Waals surface area contributed by atoms with Gasteiger partial charge in [0.25, 0.3) is 0 Å². The maximum atomic E-state index is 12.2. The van der Waals surface area contributed by atoms with Crippen molar-refractivity contribution in [2.45, 2.75) is 26.8 Å². The van der Waals surface area contributed by atoms with Crippen molar-refractivity contribution < 1.29 is 4.79 Å². The van der Waals surface area contributed by atoms with Gasteiger partial charge in [0.2, 0.25) is 5.91 Å². The molecule has 0 spiro atoms. The van der Waals surface area contributed by atoms with Gasteiger partial charge in [-0.05, 0) is 38.5 Å². The highest BCUT2D eigenvalue weighted by molar-refractivity contribution is 6.32. The molecule has 20 heavy (non-hydrogen) atoms. The average molecular weight is 312 g/mol. The normalized spacial score (nSPS) is 12.2. The number of amides is 1. The van der Waals surface area contributed by atoms with Gasteiger partial charge in [-0.15, -0.1) is 0 Å². The quantitative estimate of drug-likeness (QED) is 0.931. The number of hydrogen-bond acceptors (Lipinski definition) is 2. The molecule has 0 fully saturated rings. The molecule has 0 bridgehead atoms. The molecule has 2 rings (SSSR count).